The van der Waals surface area contributed by atoms with E-state index in [0.717, 1.165) is 6.54 Å². The van der Waals surface area contributed by atoms with E-state index in [1.54, 1.807) is 38.4 Å². The molecule has 2 N–H and O–H groups in total. The van der Waals surface area contributed by atoms with E-state index in [9.17, 15) is 9.59 Å². The molecular formula is C17H26N4O3. The van der Waals surface area contributed by atoms with Gasteiger partial charge in [0, 0.05) is 45.0 Å². The number of carbonyl (C=O) groups excluding carboxylic acids is 2. The lowest BCUT2D eigenvalue weighted by atomic mass is 10.3. The monoisotopic (exact) mass is 334 g/mol. The van der Waals surface area contributed by atoms with Gasteiger partial charge in [0.25, 0.3) is 5.91 Å². The average molecular weight is 334 g/mol. The van der Waals surface area contributed by atoms with Crippen LogP contribution in [0, 0.1) is 0 Å². The van der Waals surface area contributed by atoms with Gasteiger partial charge in [0.2, 0.25) is 0 Å². The first kappa shape index (κ1) is 18.1. The van der Waals surface area contributed by atoms with Gasteiger partial charge in [0.15, 0.2) is 6.61 Å². The van der Waals surface area contributed by atoms with Gasteiger partial charge in [-0.3, -0.25) is 4.79 Å². The molecule has 0 radical (unpaired) electrons. The van der Waals surface area contributed by atoms with Crippen LogP contribution in [0.2, 0.25) is 0 Å². The maximum atomic E-state index is 11.9. The van der Waals surface area contributed by atoms with Crippen LogP contribution >= 0.6 is 0 Å². The van der Waals surface area contributed by atoms with Crippen LogP contribution in [0.1, 0.15) is 12.8 Å². The maximum Gasteiger partial charge on any atom is 0.319 e. The number of nitrogens with zero attached hydrogens (tertiary/aromatic N) is 2. The first-order valence-corrected chi connectivity index (χ1v) is 8.14. The van der Waals surface area contributed by atoms with Gasteiger partial charge in [0.05, 0.1) is 0 Å². The Morgan fingerprint density at radius 2 is 2.00 bits per heavy atom. The van der Waals surface area contributed by atoms with Crippen LogP contribution in [0.5, 0.6) is 5.75 Å². The van der Waals surface area contributed by atoms with Crippen molar-refractivity contribution in [3.8, 4) is 5.75 Å². The van der Waals surface area contributed by atoms with E-state index in [2.05, 4.69) is 22.6 Å². The summed E-state index contributed by atoms with van der Waals surface area (Å²) in [4.78, 5) is 27.2. The van der Waals surface area contributed by atoms with Gasteiger partial charge in [-0.2, -0.15) is 0 Å². The van der Waals surface area contributed by atoms with E-state index < -0.39 is 0 Å². The van der Waals surface area contributed by atoms with E-state index in [0.29, 0.717) is 24.0 Å². The second-order valence-corrected chi connectivity index (χ2v) is 6.20. The SMILES string of the molecule is CN(C)C(=O)COc1cccc(NC(=O)NCCN(C)C2CC2)c1. The van der Waals surface area contributed by atoms with Gasteiger partial charge in [0.1, 0.15) is 5.75 Å². The third kappa shape index (κ3) is 6.08. The van der Waals surface area contributed by atoms with Crippen molar-refractivity contribution in [2.24, 2.45) is 0 Å². The van der Waals surface area contributed by atoms with Crippen molar-refractivity contribution in [2.75, 3.05) is 46.2 Å². The van der Waals surface area contributed by atoms with Crippen LogP contribution < -0.4 is 15.4 Å². The lowest BCUT2D eigenvalue weighted by Gasteiger charge is -2.16. The molecule has 0 bridgehead atoms. The molecule has 3 amide bonds. The van der Waals surface area contributed by atoms with Gasteiger partial charge < -0.3 is 25.2 Å². The van der Waals surface area contributed by atoms with Gasteiger partial charge in [-0.1, -0.05) is 6.07 Å². The van der Waals surface area contributed by atoms with Crippen molar-refractivity contribution >= 4 is 17.6 Å². The zero-order valence-corrected chi connectivity index (χ0v) is 14.5. The molecule has 0 saturated heterocycles. The number of likely N-dealkylation sites (N-methyl/N-ethyl adjacent to an activating group) is 2. The van der Waals surface area contributed by atoms with Crippen LogP contribution in [0.3, 0.4) is 0 Å². The summed E-state index contributed by atoms with van der Waals surface area (Å²) in [5.74, 6) is 0.419. The highest BCUT2D eigenvalue weighted by Crippen LogP contribution is 2.24. The lowest BCUT2D eigenvalue weighted by molar-refractivity contribution is -0.130. The molecule has 1 aromatic carbocycles. The summed E-state index contributed by atoms with van der Waals surface area (Å²) >= 11 is 0. The summed E-state index contributed by atoms with van der Waals surface area (Å²) < 4.78 is 5.43. The van der Waals surface area contributed by atoms with Crippen LogP contribution in [0.15, 0.2) is 24.3 Å². The molecule has 7 nitrogen and oxygen atoms in total. The topological polar surface area (TPSA) is 73.9 Å². The summed E-state index contributed by atoms with van der Waals surface area (Å²) in [6.07, 6.45) is 2.51. The highest BCUT2D eigenvalue weighted by Gasteiger charge is 2.25. The van der Waals surface area contributed by atoms with Gasteiger partial charge >= 0.3 is 6.03 Å². The van der Waals surface area contributed by atoms with Crippen LogP contribution in [-0.2, 0) is 4.79 Å². The minimum Gasteiger partial charge on any atom is -0.484 e. The Morgan fingerprint density at radius 3 is 2.67 bits per heavy atom. The second-order valence-electron chi connectivity index (χ2n) is 6.20. The molecule has 1 fully saturated rings. The summed E-state index contributed by atoms with van der Waals surface area (Å²) in [6, 6.07) is 7.42. The molecule has 0 heterocycles. The summed E-state index contributed by atoms with van der Waals surface area (Å²) in [5.41, 5.74) is 0.623. The number of benzene rings is 1. The Bertz CT molecular complexity index is 573. The molecule has 0 unspecified atom stereocenters. The van der Waals surface area contributed by atoms with Gasteiger partial charge in [-0.15, -0.1) is 0 Å². The molecule has 132 valence electrons. The van der Waals surface area contributed by atoms with E-state index in [1.165, 1.54) is 17.7 Å². The number of hydrogen-bond acceptors (Lipinski definition) is 4. The highest BCUT2D eigenvalue weighted by molar-refractivity contribution is 5.89. The molecule has 1 saturated carbocycles. The summed E-state index contributed by atoms with van der Waals surface area (Å²) in [5, 5.41) is 5.60. The summed E-state index contributed by atoms with van der Waals surface area (Å²) in [7, 11) is 5.43. The van der Waals surface area contributed by atoms with Gasteiger partial charge in [-0.05, 0) is 32.0 Å². The fourth-order valence-electron chi connectivity index (χ4n) is 2.16. The van der Waals surface area contributed by atoms with Crippen LogP contribution in [0.4, 0.5) is 10.5 Å². The largest absolute Gasteiger partial charge is 0.484 e. The number of rotatable bonds is 8. The standard InChI is InChI=1S/C17H26N4O3/c1-20(2)16(22)12-24-15-6-4-5-13(11-15)19-17(23)18-9-10-21(3)14-7-8-14/h4-6,11,14H,7-10,12H2,1-3H3,(H2,18,19,23). The molecule has 0 spiro atoms. The van der Waals surface area contributed by atoms with Crippen molar-refractivity contribution < 1.29 is 14.3 Å². The second kappa shape index (κ2) is 8.54. The average Bonchev–Trinajstić information content (AvgIpc) is 3.37. The number of ether oxygens (including phenoxy) is 1. The molecule has 1 aliphatic rings. The number of anilines is 1. The molecular weight excluding hydrogens is 308 g/mol. The van der Waals surface area contributed by atoms with Crippen molar-refractivity contribution in [3.63, 3.8) is 0 Å². The third-order valence-corrected chi connectivity index (χ3v) is 3.87. The van der Waals surface area contributed by atoms with Crippen molar-refractivity contribution in [2.45, 2.75) is 18.9 Å². The fraction of sp³-hybridized carbons (Fsp3) is 0.529. The zero-order valence-electron chi connectivity index (χ0n) is 14.5. The minimum absolute atomic E-state index is 0.0316. The minimum atomic E-state index is -0.249. The first-order chi connectivity index (χ1) is 11.5. The number of urea groups is 1. The number of amides is 3. The molecule has 0 atom stereocenters. The Balaban J connectivity index is 1.73. The van der Waals surface area contributed by atoms with Crippen LogP contribution in [-0.4, -0.2) is 68.6 Å². The normalized spacial score (nSPS) is 13.5. The molecule has 7 heteroatoms. The fourth-order valence-corrected chi connectivity index (χ4v) is 2.16. The third-order valence-electron chi connectivity index (χ3n) is 3.87. The van der Waals surface area contributed by atoms with Crippen LogP contribution in [0.25, 0.3) is 0 Å². The molecule has 2 rings (SSSR count). The Labute approximate surface area is 142 Å². The molecule has 1 aromatic rings. The molecule has 1 aliphatic carbocycles. The zero-order chi connectivity index (χ0) is 17.5. The van der Waals surface area contributed by atoms with Crippen molar-refractivity contribution in [3.05, 3.63) is 24.3 Å². The molecule has 0 aromatic heterocycles. The number of hydrogen-bond donors (Lipinski definition) is 2. The Morgan fingerprint density at radius 1 is 1.25 bits per heavy atom. The number of nitrogens with one attached hydrogen (secondary N) is 2. The van der Waals surface area contributed by atoms with E-state index >= 15 is 0 Å². The van der Waals surface area contributed by atoms with E-state index in [4.69, 9.17) is 4.74 Å². The van der Waals surface area contributed by atoms with Crippen molar-refractivity contribution in [1.29, 1.82) is 0 Å². The Kier molecular flexibility index (Phi) is 6.43. The lowest BCUT2D eigenvalue weighted by Crippen LogP contribution is -2.36. The predicted octanol–water partition coefficient (Wildman–Crippen LogP) is 1.37. The smallest absolute Gasteiger partial charge is 0.319 e. The first-order valence-electron chi connectivity index (χ1n) is 8.14. The van der Waals surface area contributed by atoms with Crippen molar-refractivity contribution in [1.82, 2.24) is 15.1 Å². The molecule has 24 heavy (non-hydrogen) atoms. The van der Waals surface area contributed by atoms with E-state index in [-0.39, 0.29) is 18.5 Å². The quantitative estimate of drug-likeness (QED) is 0.753. The van der Waals surface area contributed by atoms with E-state index in [1.807, 2.05) is 0 Å². The summed E-state index contributed by atoms with van der Waals surface area (Å²) in [6.45, 7) is 1.41. The van der Waals surface area contributed by atoms with Gasteiger partial charge in [-0.25, -0.2) is 4.79 Å². The highest BCUT2D eigenvalue weighted by atomic mass is 16.5. The number of carbonyl (C=O) groups is 2. The predicted molar refractivity (Wildman–Crippen MR) is 93.3 cm³/mol. The Hall–Kier alpha value is -2.28. The maximum absolute atomic E-state index is 11.9. The molecule has 0 aliphatic heterocycles.